The fraction of sp³-hybridized carbons (Fsp3) is 0.118. The highest BCUT2D eigenvalue weighted by molar-refractivity contribution is 8.00. The van der Waals surface area contributed by atoms with E-state index in [2.05, 4.69) is 14.5 Å². The molecular weight excluding hydrogens is 823 g/mol. The molecule has 3 aromatic carbocycles. The summed E-state index contributed by atoms with van der Waals surface area (Å²) in [6, 6.07) is 3.18. The van der Waals surface area contributed by atoms with Gasteiger partial charge in [-0.05, 0) is 52.2 Å². The molecule has 2 aliphatic carbocycles. The average molecular weight is 827 g/mol. The fourth-order valence-electron chi connectivity index (χ4n) is 6.12. The molecule has 0 saturated carbocycles. The van der Waals surface area contributed by atoms with E-state index in [1.807, 2.05) is 0 Å². The zero-order chi connectivity index (χ0) is 41.9. The summed E-state index contributed by atoms with van der Waals surface area (Å²) in [6.45, 7) is 21.7. The van der Waals surface area contributed by atoms with Gasteiger partial charge in [-0.25, -0.2) is 40.0 Å². The van der Waals surface area contributed by atoms with Gasteiger partial charge in [-0.1, -0.05) is 0 Å². The summed E-state index contributed by atoms with van der Waals surface area (Å²) in [4.78, 5) is 4.88. The molecule has 0 amide bonds. The number of hydrogen-bond donors (Lipinski definition) is 0. The van der Waals surface area contributed by atoms with Gasteiger partial charge in [0.1, 0.15) is 42.5 Å². The highest BCUT2D eigenvalue weighted by Crippen LogP contribution is 2.49. The molecule has 0 radical (unpaired) electrons. The molecule has 56 heavy (non-hydrogen) atoms. The van der Waals surface area contributed by atoms with Gasteiger partial charge in [0.2, 0.25) is 0 Å². The zero-order valence-electron chi connectivity index (χ0n) is 26.2. The van der Waals surface area contributed by atoms with Crippen molar-refractivity contribution in [3.8, 4) is 18.2 Å². The van der Waals surface area contributed by atoms with Crippen molar-refractivity contribution in [2.24, 2.45) is 0 Å². The Hall–Kier alpha value is -6.46. The Labute approximate surface area is 310 Å². The summed E-state index contributed by atoms with van der Waals surface area (Å²) >= 11 is -2.62. The maximum atomic E-state index is 15.8. The lowest BCUT2D eigenvalue weighted by Gasteiger charge is -2.18. The largest absolute Gasteiger partial charge is 0.523 e. The van der Waals surface area contributed by atoms with Crippen molar-refractivity contribution in [2.45, 2.75) is 33.6 Å². The van der Waals surface area contributed by atoms with Crippen LogP contribution in [0.4, 0.5) is 67.2 Å². The Morgan fingerprint density at radius 2 is 0.946 bits per heavy atom. The van der Waals surface area contributed by atoms with E-state index in [1.165, 1.54) is 12.1 Å². The molecule has 2 aliphatic rings. The second-order valence-electron chi connectivity index (χ2n) is 10.9. The first kappa shape index (κ1) is 40.7. The molecule has 0 atom stereocenters. The van der Waals surface area contributed by atoms with Gasteiger partial charge in [0.15, 0.2) is 46.5 Å². The Morgan fingerprint density at radius 1 is 0.571 bits per heavy atom. The first-order chi connectivity index (χ1) is 26.1. The Morgan fingerprint density at radius 3 is 1.29 bits per heavy atom. The Bertz CT molecular complexity index is 2550. The van der Waals surface area contributed by atoms with E-state index in [4.69, 9.17) is 25.0 Å². The molecular formula is C34H4F14N6S2. The number of allylic oxidation sites excluding steroid dienone is 3. The molecule has 0 aliphatic heterocycles. The van der Waals surface area contributed by atoms with E-state index in [9.17, 15) is 36.9 Å². The minimum atomic E-state index is -5.61. The molecule has 0 saturated heterocycles. The second kappa shape index (κ2) is 14.3. The fourth-order valence-corrected chi connectivity index (χ4v) is 7.83. The van der Waals surface area contributed by atoms with Crippen LogP contribution in [0, 0.1) is 100 Å². The van der Waals surface area contributed by atoms with E-state index in [-0.39, 0.29) is 0 Å². The number of rotatable bonds is 4. The smallest absolute Gasteiger partial charge is 0.232 e. The number of fused-ring (bicyclic) bond motifs is 2. The van der Waals surface area contributed by atoms with Crippen LogP contribution >= 0.6 is 23.5 Å². The van der Waals surface area contributed by atoms with Crippen molar-refractivity contribution >= 4 is 40.4 Å². The minimum absolute atomic E-state index is 0.796. The minimum Gasteiger partial charge on any atom is -0.232 e. The number of nitriles is 3. The summed E-state index contributed by atoms with van der Waals surface area (Å²) < 4.78 is 210. The van der Waals surface area contributed by atoms with Gasteiger partial charge in [-0.2, -0.15) is 51.8 Å². The summed E-state index contributed by atoms with van der Waals surface area (Å²) in [5.41, 5.74) is -28.1. The highest BCUT2D eigenvalue weighted by atomic mass is 32.2. The van der Waals surface area contributed by atoms with Crippen LogP contribution in [0.2, 0.25) is 0 Å². The standard InChI is InChI=1S/C34H4F14N6S2/c1-52-29-27(41)25(39)20(26(40)28(29)42)16-13(32(53-2)54-3)5-12-18(16)30(55-33(43,44)45)11-4-10(9(6-49)7-50)15(17(11)31(12)56-34(46,47)48)19-23(37)21(35)14(8-51)22(36)24(19)38/h4-5H2. The van der Waals surface area contributed by atoms with Crippen molar-refractivity contribution in [3.63, 3.8) is 0 Å². The molecule has 0 heterocycles. The third kappa shape index (κ3) is 6.33. The van der Waals surface area contributed by atoms with Gasteiger partial charge in [-0.3, -0.25) is 0 Å². The van der Waals surface area contributed by atoms with Crippen LogP contribution in [0.1, 0.15) is 27.8 Å². The summed E-state index contributed by atoms with van der Waals surface area (Å²) in [6.07, 6.45) is -2.86. The third-order valence-electron chi connectivity index (χ3n) is 8.09. The second-order valence-corrected chi connectivity index (χ2v) is 13.0. The SMILES string of the molecule is [C-]#[N+]C([N+]#[C-])=C1Cc2c(SC(F)(F)F)c3c(c(SC(F)(F)F)c2=C1c1c(F)c(F)c([N+]#[C-])c(F)c1F)CC(=C(C#N)C#N)C=3c1c(F)c(F)c(C#N)c(F)c1F. The van der Waals surface area contributed by atoms with Crippen LogP contribution in [-0.4, -0.2) is 11.0 Å². The lowest BCUT2D eigenvalue weighted by atomic mass is 9.93. The van der Waals surface area contributed by atoms with E-state index in [0.29, 0.717) is 0 Å². The van der Waals surface area contributed by atoms with Gasteiger partial charge < -0.3 is 0 Å². The van der Waals surface area contributed by atoms with Crippen molar-refractivity contribution in [2.75, 3.05) is 0 Å². The quantitative estimate of drug-likeness (QED) is 0.0862. The first-order valence-corrected chi connectivity index (χ1v) is 15.8. The summed E-state index contributed by atoms with van der Waals surface area (Å²) in [7, 11) is 0. The maximum Gasteiger partial charge on any atom is 0.523 e. The highest BCUT2D eigenvalue weighted by Gasteiger charge is 2.45. The Kier molecular flexibility index (Phi) is 10.4. The lowest BCUT2D eigenvalue weighted by Crippen LogP contribution is -2.27. The van der Waals surface area contributed by atoms with Crippen LogP contribution in [-0.2, 0) is 12.8 Å². The van der Waals surface area contributed by atoms with Crippen molar-refractivity contribution in [3.05, 3.63) is 142 Å². The van der Waals surface area contributed by atoms with Crippen LogP contribution in [0.25, 0.3) is 25.7 Å². The molecule has 5 rings (SSSR count). The number of thioether (sulfide) groups is 2. The van der Waals surface area contributed by atoms with Crippen LogP contribution in [0.5, 0.6) is 0 Å². The molecule has 0 aromatic heterocycles. The van der Waals surface area contributed by atoms with Gasteiger partial charge in [0, 0.05) is 32.2 Å². The van der Waals surface area contributed by atoms with Crippen LogP contribution in [0.15, 0.2) is 32.3 Å². The van der Waals surface area contributed by atoms with E-state index < -0.39 is 181 Å². The molecule has 0 unspecified atom stereocenters. The molecule has 0 fully saturated rings. The van der Waals surface area contributed by atoms with Crippen molar-refractivity contribution < 1.29 is 61.5 Å². The van der Waals surface area contributed by atoms with Gasteiger partial charge in [0.25, 0.3) is 5.69 Å². The zero-order valence-corrected chi connectivity index (χ0v) is 27.8. The van der Waals surface area contributed by atoms with Gasteiger partial charge in [0.05, 0.1) is 23.3 Å². The maximum absolute atomic E-state index is 15.8. The summed E-state index contributed by atoms with van der Waals surface area (Å²) in [5.74, 6) is -21.3. The molecule has 0 spiro atoms. The van der Waals surface area contributed by atoms with Crippen molar-refractivity contribution in [1.29, 1.82) is 15.8 Å². The van der Waals surface area contributed by atoms with Crippen LogP contribution in [0.3, 0.4) is 0 Å². The topological polar surface area (TPSA) is 84.5 Å². The molecule has 0 bridgehead atoms. The van der Waals surface area contributed by atoms with Crippen molar-refractivity contribution in [1.82, 2.24) is 0 Å². The third-order valence-corrected chi connectivity index (χ3v) is 9.86. The number of hydrogen-bond acceptors (Lipinski definition) is 5. The summed E-state index contributed by atoms with van der Waals surface area (Å²) in [5, 5.41) is 25.7. The molecule has 6 nitrogen and oxygen atoms in total. The van der Waals surface area contributed by atoms with E-state index >= 15 is 35.1 Å². The van der Waals surface area contributed by atoms with E-state index in [0.717, 1.165) is 6.07 Å². The number of alkyl halides is 6. The lowest BCUT2D eigenvalue weighted by molar-refractivity contribution is -0.0339. The predicted molar refractivity (Wildman–Crippen MR) is 164 cm³/mol. The first-order valence-electron chi connectivity index (χ1n) is 14.1. The molecule has 22 heteroatoms. The predicted octanol–water partition coefficient (Wildman–Crippen LogP) is 9.35. The van der Waals surface area contributed by atoms with E-state index in [1.54, 1.807) is 0 Å². The Balaban J connectivity index is 2.31. The van der Waals surface area contributed by atoms with Crippen LogP contribution < -0.4 is 10.4 Å². The molecule has 280 valence electrons. The molecule has 3 aromatic rings. The average Bonchev–Trinajstić information content (AvgIpc) is 3.69. The van der Waals surface area contributed by atoms with Gasteiger partial charge in [-0.15, -0.1) is 0 Å². The molecule has 0 N–H and O–H groups in total. The number of halogens is 14. The monoisotopic (exact) mass is 826 g/mol. The normalized spacial score (nSPS) is 13.3. The van der Waals surface area contributed by atoms with Gasteiger partial charge >= 0.3 is 16.8 Å². The number of nitrogens with zero attached hydrogens (tertiary/aromatic N) is 6. The number of benzene rings is 3.